The minimum absolute atomic E-state index is 0.0809. The molecule has 4 aromatic rings. The highest BCUT2D eigenvalue weighted by Crippen LogP contribution is 2.44. The van der Waals surface area contributed by atoms with Crippen molar-refractivity contribution in [2.75, 3.05) is 4.90 Å². The van der Waals surface area contributed by atoms with Gasteiger partial charge in [0.25, 0.3) is 11.5 Å². The van der Waals surface area contributed by atoms with Crippen molar-refractivity contribution in [3.8, 4) is 0 Å². The third-order valence-corrected chi connectivity index (χ3v) is 10.4. The van der Waals surface area contributed by atoms with Crippen LogP contribution < -0.4 is 4.90 Å². The molecular weight excluding hydrogens is 614 g/mol. The molecule has 1 aromatic heterocycles. The van der Waals surface area contributed by atoms with Gasteiger partial charge in [-0.05, 0) is 52.9 Å². The minimum atomic E-state index is -4.17. The third-order valence-electron chi connectivity index (χ3n) is 6.96. The van der Waals surface area contributed by atoms with Gasteiger partial charge in [-0.1, -0.05) is 68.0 Å². The second kappa shape index (κ2) is 11.0. The number of nitro benzene ring substituents is 1. The van der Waals surface area contributed by atoms with Crippen molar-refractivity contribution in [1.82, 2.24) is 4.98 Å². The van der Waals surface area contributed by atoms with Crippen LogP contribution in [0, 0.1) is 10.1 Å². The van der Waals surface area contributed by atoms with Gasteiger partial charge >= 0.3 is 5.91 Å². The Bertz CT molecular complexity index is 1890. The molecule has 220 valence electrons. The topological polar surface area (TPSA) is 148 Å². The Labute approximate surface area is 256 Å². The molecule has 2 heterocycles. The van der Waals surface area contributed by atoms with Crippen molar-refractivity contribution in [3.05, 3.63) is 116 Å². The maximum atomic E-state index is 13.5. The summed E-state index contributed by atoms with van der Waals surface area (Å²) in [4.78, 5) is 42.4. The average molecular weight is 638 g/mol. The van der Waals surface area contributed by atoms with Gasteiger partial charge in [0, 0.05) is 22.7 Å². The lowest BCUT2D eigenvalue weighted by Crippen LogP contribution is -2.29. The Kier molecular flexibility index (Phi) is 7.71. The van der Waals surface area contributed by atoms with E-state index in [4.69, 9.17) is 11.6 Å². The SMILES string of the molecule is CC(C)(C)c1ccc([C@H]2/C(=C(\O)c3ccc(Cl)cc3)C(=O)C(=O)N2c2ncc(S(=O)(=O)c3ccc([N+](=O)[O-])cc3)s2)cc1. The lowest BCUT2D eigenvalue weighted by atomic mass is 9.85. The molecule has 0 aliphatic carbocycles. The number of Topliss-reactive ketones (excluding diaryl/α,β-unsaturated/α-hetero) is 1. The largest absolute Gasteiger partial charge is 0.507 e. The normalized spacial score (nSPS) is 16.9. The minimum Gasteiger partial charge on any atom is -0.507 e. The number of hydrogen-bond acceptors (Lipinski definition) is 9. The fourth-order valence-corrected chi connectivity index (χ4v) is 7.30. The van der Waals surface area contributed by atoms with Crippen LogP contribution in [-0.2, 0) is 24.8 Å². The van der Waals surface area contributed by atoms with Crippen LogP contribution in [0.3, 0.4) is 0 Å². The van der Waals surface area contributed by atoms with Crippen LogP contribution in [0.25, 0.3) is 5.76 Å². The molecule has 0 spiro atoms. The molecule has 1 aliphatic heterocycles. The van der Waals surface area contributed by atoms with Crippen LogP contribution in [0.2, 0.25) is 5.02 Å². The van der Waals surface area contributed by atoms with Crippen LogP contribution in [0.1, 0.15) is 43.5 Å². The summed E-state index contributed by atoms with van der Waals surface area (Å²) >= 11 is 6.66. The zero-order valence-corrected chi connectivity index (χ0v) is 25.4. The average Bonchev–Trinajstić information content (AvgIpc) is 3.56. The fourth-order valence-electron chi connectivity index (χ4n) is 4.62. The van der Waals surface area contributed by atoms with Gasteiger partial charge in [0.05, 0.1) is 27.6 Å². The number of nitrogens with zero attached hydrogens (tertiary/aromatic N) is 3. The van der Waals surface area contributed by atoms with E-state index in [-0.39, 0.29) is 36.5 Å². The molecule has 0 saturated carbocycles. The quantitative estimate of drug-likeness (QED) is 0.0832. The number of aromatic nitrogens is 1. The molecule has 43 heavy (non-hydrogen) atoms. The monoisotopic (exact) mass is 637 g/mol. The molecule has 5 rings (SSSR count). The van der Waals surface area contributed by atoms with Crippen LogP contribution in [0.5, 0.6) is 0 Å². The second-order valence-electron chi connectivity index (χ2n) is 10.8. The van der Waals surface area contributed by atoms with Gasteiger partial charge in [0.1, 0.15) is 9.97 Å². The highest BCUT2D eigenvalue weighted by molar-refractivity contribution is 7.93. The number of anilines is 1. The van der Waals surface area contributed by atoms with Crippen LogP contribution in [-0.4, -0.2) is 35.1 Å². The number of ketones is 1. The second-order valence-corrected chi connectivity index (χ2v) is 14.4. The number of halogens is 1. The molecule has 1 amide bonds. The number of carbonyl (C=O) groups excluding carboxylic acids is 2. The summed E-state index contributed by atoms with van der Waals surface area (Å²) in [6, 6.07) is 16.6. The van der Waals surface area contributed by atoms with E-state index in [1.54, 1.807) is 12.1 Å². The lowest BCUT2D eigenvalue weighted by Gasteiger charge is -2.24. The smallest absolute Gasteiger partial charge is 0.301 e. The van der Waals surface area contributed by atoms with E-state index >= 15 is 0 Å². The first-order chi connectivity index (χ1) is 20.2. The Balaban J connectivity index is 1.63. The van der Waals surface area contributed by atoms with Gasteiger partial charge < -0.3 is 5.11 Å². The molecule has 1 fully saturated rings. The summed E-state index contributed by atoms with van der Waals surface area (Å²) in [6.45, 7) is 6.12. The Morgan fingerprint density at radius 3 is 2.16 bits per heavy atom. The molecule has 1 N–H and O–H groups in total. The first-order valence-corrected chi connectivity index (χ1v) is 15.5. The number of carbonyl (C=O) groups is 2. The summed E-state index contributed by atoms with van der Waals surface area (Å²) < 4.78 is 26.4. The maximum Gasteiger partial charge on any atom is 0.301 e. The highest BCUT2D eigenvalue weighted by Gasteiger charge is 2.48. The number of rotatable bonds is 6. The number of thiazole rings is 1. The van der Waals surface area contributed by atoms with Crippen molar-refractivity contribution < 1.29 is 28.0 Å². The van der Waals surface area contributed by atoms with Gasteiger partial charge in [0.15, 0.2) is 5.13 Å². The zero-order valence-electron chi connectivity index (χ0n) is 23.0. The van der Waals surface area contributed by atoms with E-state index < -0.39 is 38.3 Å². The molecule has 0 bridgehead atoms. The number of benzene rings is 3. The van der Waals surface area contributed by atoms with Crippen LogP contribution >= 0.6 is 22.9 Å². The van der Waals surface area contributed by atoms with Gasteiger partial charge in [-0.3, -0.25) is 24.6 Å². The van der Waals surface area contributed by atoms with Crippen molar-refractivity contribution in [1.29, 1.82) is 0 Å². The van der Waals surface area contributed by atoms with Crippen molar-refractivity contribution >= 4 is 61.0 Å². The Morgan fingerprint density at radius 2 is 1.60 bits per heavy atom. The molecular formula is C30H24ClN3O7S2. The predicted molar refractivity (Wildman–Crippen MR) is 162 cm³/mol. The summed E-state index contributed by atoms with van der Waals surface area (Å²) in [5.74, 6) is -2.38. The van der Waals surface area contributed by atoms with E-state index in [1.807, 2.05) is 32.9 Å². The maximum absolute atomic E-state index is 13.5. The molecule has 13 heteroatoms. The van der Waals surface area contributed by atoms with E-state index in [0.29, 0.717) is 21.9 Å². The van der Waals surface area contributed by atoms with Gasteiger partial charge in [-0.15, -0.1) is 0 Å². The summed E-state index contributed by atoms with van der Waals surface area (Å²) in [6.07, 6.45) is 1.06. The predicted octanol–water partition coefficient (Wildman–Crippen LogP) is 6.46. The van der Waals surface area contributed by atoms with E-state index in [2.05, 4.69) is 4.98 Å². The molecule has 1 aliphatic rings. The summed E-state index contributed by atoms with van der Waals surface area (Å²) in [5, 5.41) is 22.6. The van der Waals surface area contributed by atoms with Gasteiger partial charge in [-0.25, -0.2) is 13.4 Å². The van der Waals surface area contributed by atoms with Crippen molar-refractivity contribution in [2.45, 2.75) is 41.3 Å². The third kappa shape index (κ3) is 5.56. The molecule has 1 saturated heterocycles. The van der Waals surface area contributed by atoms with Gasteiger partial charge in [0.2, 0.25) is 9.84 Å². The number of non-ortho nitro benzene ring substituents is 1. The zero-order chi connectivity index (χ0) is 31.3. The Hall–Kier alpha value is -4.39. The molecule has 3 aromatic carbocycles. The van der Waals surface area contributed by atoms with E-state index in [9.17, 15) is 33.2 Å². The number of amides is 1. The van der Waals surface area contributed by atoms with Crippen LogP contribution in [0.4, 0.5) is 10.8 Å². The van der Waals surface area contributed by atoms with Gasteiger partial charge in [-0.2, -0.15) is 0 Å². The first kappa shape index (κ1) is 30.1. The summed E-state index contributed by atoms with van der Waals surface area (Å²) in [5.41, 5.74) is 1.12. The Morgan fingerprint density at radius 1 is 1.00 bits per heavy atom. The van der Waals surface area contributed by atoms with Crippen molar-refractivity contribution in [3.63, 3.8) is 0 Å². The van der Waals surface area contributed by atoms with Crippen molar-refractivity contribution in [2.24, 2.45) is 0 Å². The standard InChI is InChI=1S/C30H24ClN3O7S2/c1-30(2,3)19-8-4-17(5-9-19)25-24(26(35)18-6-10-20(31)11-7-18)27(36)28(37)33(25)29-32-16-23(42-29)43(40,41)22-14-12-21(13-15-22)34(38)39/h4-16,25,35H,1-3H3/b26-24+/t25-/m0/s1. The number of sulfone groups is 1. The molecule has 0 unspecified atom stereocenters. The molecule has 1 atom stereocenters. The summed E-state index contributed by atoms with van der Waals surface area (Å²) in [7, 11) is -4.17. The lowest BCUT2D eigenvalue weighted by molar-refractivity contribution is -0.384. The van der Waals surface area contributed by atoms with Crippen LogP contribution in [0.15, 0.2) is 93.7 Å². The molecule has 0 radical (unpaired) electrons. The highest BCUT2D eigenvalue weighted by atomic mass is 35.5. The van der Waals surface area contributed by atoms with E-state index in [1.165, 1.54) is 24.3 Å². The number of aliphatic hydroxyl groups is 1. The fraction of sp³-hybridized carbons (Fsp3) is 0.167. The molecule has 10 nitrogen and oxygen atoms in total. The van der Waals surface area contributed by atoms with E-state index in [0.717, 1.165) is 40.9 Å². The first-order valence-electron chi connectivity index (χ1n) is 12.8. The number of hydrogen-bond donors (Lipinski definition) is 1. The number of aliphatic hydroxyl groups excluding tert-OH is 1. The number of nitro groups is 1.